The maximum atomic E-state index is 12.2. The van der Waals surface area contributed by atoms with Crippen LogP contribution in [0, 0.1) is 6.92 Å². The SMILES string of the molecule is Cc1cc(C(=O)NCc2cccc3c2CC(=O)N3)sc1C(=O)O. The molecule has 2 amide bonds. The Bertz CT molecular complexity index is 825. The lowest BCUT2D eigenvalue weighted by Gasteiger charge is -2.08. The lowest BCUT2D eigenvalue weighted by molar-refractivity contribution is -0.115. The Kier molecular flexibility index (Phi) is 3.87. The summed E-state index contributed by atoms with van der Waals surface area (Å²) in [6.45, 7) is 1.95. The number of aromatic carboxylic acids is 1. The highest BCUT2D eigenvalue weighted by Gasteiger charge is 2.21. The molecule has 7 heteroatoms. The molecule has 0 bridgehead atoms. The zero-order chi connectivity index (χ0) is 16.6. The van der Waals surface area contributed by atoms with Crippen molar-refractivity contribution in [2.24, 2.45) is 0 Å². The number of carboxylic acids is 1. The molecule has 1 aliphatic rings. The Morgan fingerprint density at radius 3 is 2.87 bits per heavy atom. The molecule has 3 rings (SSSR count). The minimum atomic E-state index is -1.03. The van der Waals surface area contributed by atoms with Gasteiger partial charge in [-0.15, -0.1) is 11.3 Å². The van der Waals surface area contributed by atoms with E-state index in [1.165, 1.54) is 0 Å². The fraction of sp³-hybridized carbons (Fsp3) is 0.188. The first-order valence-electron chi connectivity index (χ1n) is 6.98. The second-order valence-corrected chi connectivity index (χ2v) is 6.33. The number of fused-ring (bicyclic) bond motifs is 1. The summed E-state index contributed by atoms with van der Waals surface area (Å²) in [7, 11) is 0. The van der Waals surface area contributed by atoms with Crippen LogP contribution in [-0.4, -0.2) is 22.9 Å². The van der Waals surface area contributed by atoms with Crippen LogP contribution < -0.4 is 10.6 Å². The molecule has 23 heavy (non-hydrogen) atoms. The van der Waals surface area contributed by atoms with Crippen molar-refractivity contribution in [3.05, 3.63) is 50.7 Å². The zero-order valence-electron chi connectivity index (χ0n) is 12.3. The van der Waals surface area contributed by atoms with Gasteiger partial charge in [0.2, 0.25) is 5.91 Å². The summed E-state index contributed by atoms with van der Waals surface area (Å²) in [5.74, 6) is -1.41. The van der Waals surface area contributed by atoms with Gasteiger partial charge in [0.25, 0.3) is 5.91 Å². The molecule has 1 aromatic heterocycles. The quantitative estimate of drug-likeness (QED) is 0.800. The third-order valence-corrected chi connectivity index (χ3v) is 4.88. The molecule has 2 heterocycles. The number of rotatable bonds is 4. The number of aryl methyl sites for hydroxylation is 1. The van der Waals surface area contributed by atoms with Crippen LogP contribution in [0.2, 0.25) is 0 Å². The van der Waals surface area contributed by atoms with Crippen LogP contribution in [-0.2, 0) is 17.8 Å². The number of carbonyl (C=O) groups excluding carboxylic acids is 2. The summed E-state index contributed by atoms with van der Waals surface area (Å²) < 4.78 is 0. The predicted molar refractivity (Wildman–Crippen MR) is 86.0 cm³/mol. The average Bonchev–Trinajstić information content (AvgIpc) is 3.06. The Hall–Kier alpha value is -2.67. The standard InChI is InChI=1S/C16H14N2O4S/c1-8-5-12(23-14(8)16(21)22)15(20)17-7-9-3-2-4-11-10(9)6-13(19)18-11/h2-5H,6-7H2,1H3,(H,17,20)(H,18,19)(H,21,22). The Morgan fingerprint density at radius 2 is 2.17 bits per heavy atom. The minimum Gasteiger partial charge on any atom is -0.477 e. The Labute approximate surface area is 136 Å². The second-order valence-electron chi connectivity index (χ2n) is 5.28. The van der Waals surface area contributed by atoms with Crippen LogP contribution in [0.25, 0.3) is 0 Å². The fourth-order valence-electron chi connectivity index (χ4n) is 2.55. The number of thiophene rings is 1. The molecule has 1 aromatic carbocycles. The molecular weight excluding hydrogens is 316 g/mol. The molecule has 118 valence electrons. The second kappa shape index (κ2) is 5.85. The third-order valence-electron chi connectivity index (χ3n) is 3.66. The first-order valence-corrected chi connectivity index (χ1v) is 7.80. The zero-order valence-corrected chi connectivity index (χ0v) is 13.1. The first-order chi connectivity index (χ1) is 11.0. The molecule has 1 aliphatic heterocycles. The molecule has 0 saturated heterocycles. The van der Waals surface area contributed by atoms with Gasteiger partial charge >= 0.3 is 5.97 Å². The summed E-state index contributed by atoms with van der Waals surface area (Å²) in [6.07, 6.45) is 0.308. The van der Waals surface area contributed by atoms with Gasteiger partial charge in [0, 0.05) is 12.2 Å². The molecule has 0 unspecified atom stereocenters. The largest absolute Gasteiger partial charge is 0.477 e. The van der Waals surface area contributed by atoms with Crippen molar-refractivity contribution in [2.75, 3.05) is 5.32 Å². The Balaban J connectivity index is 1.73. The molecule has 0 fully saturated rings. The predicted octanol–water partition coefficient (Wildman–Crippen LogP) is 2.18. The van der Waals surface area contributed by atoms with E-state index in [2.05, 4.69) is 10.6 Å². The van der Waals surface area contributed by atoms with Gasteiger partial charge in [-0.2, -0.15) is 0 Å². The van der Waals surface area contributed by atoms with Gasteiger partial charge in [-0.1, -0.05) is 12.1 Å². The van der Waals surface area contributed by atoms with Gasteiger partial charge < -0.3 is 15.7 Å². The average molecular weight is 330 g/mol. The van der Waals surface area contributed by atoms with E-state index in [0.29, 0.717) is 16.9 Å². The van der Waals surface area contributed by atoms with E-state index in [4.69, 9.17) is 5.11 Å². The van der Waals surface area contributed by atoms with Crippen LogP contribution in [0.5, 0.6) is 0 Å². The smallest absolute Gasteiger partial charge is 0.346 e. The van der Waals surface area contributed by atoms with Gasteiger partial charge in [0.15, 0.2) is 0 Å². The topological polar surface area (TPSA) is 95.5 Å². The molecular formula is C16H14N2O4S. The fourth-order valence-corrected chi connectivity index (χ4v) is 3.48. The highest BCUT2D eigenvalue weighted by molar-refractivity contribution is 7.16. The Morgan fingerprint density at radius 1 is 1.39 bits per heavy atom. The highest BCUT2D eigenvalue weighted by Crippen LogP contribution is 2.26. The highest BCUT2D eigenvalue weighted by atomic mass is 32.1. The van der Waals surface area contributed by atoms with E-state index < -0.39 is 5.97 Å². The van der Waals surface area contributed by atoms with Crippen LogP contribution in [0.4, 0.5) is 5.69 Å². The van der Waals surface area contributed by atoms with Crippen LogP contribution in [0.15, 0.2) is 24.3 Å². The van der Waals surface area contributed by atoms with Gasteiger partial charge in [0.05, 0.1) is 11.3 Å². The van der Waals surface area contributed by atoms with Crippen molar-refractivity contribution in [2.45, 2.75) is 19.9 Å². The number of amides is 2. The van der Waals surface area contributed by atoms with Crippen molar-refractivity contribution in [1.29, 1.82) is 0 Å². The van der Waals surface area contributed by atoms with Gasteiger partial charge in [0.1, 0.15) is 4.88 Å². The summed E-state index contributed by atoms with van der Waals surface area (Å²) in [5.41, 5.74) is 3.12. The molecule has 6 nitrogen and oxygen atoms in total. The van der Waals surface area contributed by atoms with Crippen molar-refractivity contribution in [3.8, 4) is 0 Å². The van der Waals surface area contributed by atoms with Gasteiger partial charge in [-0.3, -0.25) is 9.59 Å². The monoisotopic (exact) mass is 330 g/mol. The van der Waals surface area contributed by atoms with Crippen molar-refractivity contribution < 1.29 is 19.5 Å². The van der Waals surface area contributed by atoms with E-state index in [-0.39, 0.29) is 23.2 Å². The first kappa shape index (κ1) is 15.2. The number of hydrogen-bond acceptors (Lipinski definition) is 4. The molecule has 0 atom stereocenters. The van der Waals surface area contributed by atoms with Gasteiger partial charge in [-0.25, -0.2) is 4.79 Å². The summed E-state index contributed by atoms with van der Waals surface area (Å²) in [6, 6.07) is 7.09. The van der Waals surface area contributed by atoms with Gasteiger partial charge in [-0.05, 0) is 35.7 Å². The number of carbonyl (C=O) groups is 3. The van der Waals surface area contributed by atoms with Crippen LogP contribution >= 0.6 is 11.3 Å². The number of carboxylic acid groups (broad SMARTS) is 1. The maximum absolute atomic E-state index is 12.2. The van der Waals surface area contributed by atoms with Crippen molar-refractivity contribution in [3.63, 3.8) is 0 Å². The summed E-state index contributed by atoms with van der Waals surface area (Å²) in [4.78, 5) is 35.2. The normalized spacial score (nSPS) is 12.7. The van der Waals surface area contributed by atoms with E-state index in [0.717, 1.165) is 28.2 Å². The van der Waals surface area contributed by atoms with E-state index in [9.17, 15) is 14.4 Å². The summed E-state index contributed by atoms with van der Waals surface area (Å²) in [5, 5.41) is 14.6. The van der Waals surface area contributed by atoms with E-state index in [1.54, 1.807) is 13.0 Å². The molecule has 0 radical (unpaired) electrons. The number of anilines is 1. The number of hydrogen-bond donors (Lipinski definition) is 3. The number of nitrogens with one attached hydrogen (secondary N) is 2. The molecule has 2 aromatic rings. The molecule has 0 aliphatic carbocycles. The summed E-state index contributed by atoms with van der Waals surface area (Å²) >= 11 is 0.959. The molecule has 0 spiro atoms. The van der Waals surface area contributed by atoms with Crippen molar-refractivity contribution in [1.82, 2.24) is 5.32 Å². The molecule has 3 N–H and O–H groups in total. The minimum absolute atomic E-state index is 0.0567. The van der Waals surface area contributed by atoms with E-state index >= 15 is 0 Å². The lowest BCUT2D eigenvalue weighted by atomic mass is 10.0. The van der Waals surface area contributed by atoms with Crippen molar-refractivity contribution >= 4 is 34.8 Å². The van der Waals surface area contributed by atoms with E-state index in [1.807, 2.05) is 18.2 Å². The third kappa shape index (κ3) is 2.95. The van der Waals surface area contributed by atoms with Crippen LogP contribution in [0.1, 0.15) is 36.0 Å². The maximum Gasteiger partial charge on any atom is 0.346 e. The number of benzene rings is 1. The lowest BCUT2D eigenvalue weighted by Crippen LogP contribution is -2.22. The van der Waals surface area contributed by atoms with Crippen LogP contribution in [0.3, 0.4) is 0 Å². The molecule has 0 saturated carbocycles.